The van der Waals surface area contributed by atoms with Gasteiger partial charge in [-0.15, -0.1) is 0 Å². The van der Waals surface area contributed by atoms with Gasteiger partial charge in [0.15, 0.2) is 23.2 Å². The van der Waals surface area contributed by atoms with Gasteiger partial charge in [-0.25, -0.2) is 13.2 Å². The molecule has 0 atom stereocenters. The number of hydrazine groups is 1. The fourth-order valence-corrected chi connectivity index (χ4v) is 3.26. The number of nitrogens with one attached hydrogen (secondary N) is 2. The summed E-state index contributed by atoms with van der Waals surface area (Å²) < 4.78 is 40.2. The van der Waals surface area contributed by atoms with E-state index >= 15 is 0 Å². The number of anilines is 1. The van der Waals surface area contributed by atoms with Gasteiger partial charge in [0.05, 0.1) is 17.0 Å². The minimum absolute atomic E-state index is 0.00835. The van der Waals surface area contributed by atoms with Crippen molar-refractivity contribution in [2.45, 2.75) is 13.8 Å². The molecule has 1 aliphatic heterocycles. The zero-order chi connectivity index (χ0) is 18.8. The van der Waals surface area contributed by atoms with E-state index in [1.165, 1.54) is 18.3 Å². The number of thiophene rings is 1. The summed E-state index contributed by atoms with van der Waals surface area (Å²) >= 11 is 1.48. The molecule has 2 N–H and O–H groups in total. The molecular weight excluding hydrogens is 363 g/mol. The topological polar surface area (TPSA) is 44.4 Å². The van der Waals surface area contributed by atoms with Gasteiger partial charge < -0.3 is 5.32 Å². The molecule has 8 heteroatoms. The van der Waals surface area contributed by atoms with Crippen LogP contribution in [0.2, 0.25) is 0 Å². The zero-order valence-corrected chi connectivity index (χ0v) is 14.9. The van der Waals surface area contributed by atoms with Crippen molar-refractivity contribution in [3.63, 3.8) is 0 Å². The lowest BCUT2D eigenvalue weighted by Gasteiger charge is -2.31. The highest BCUT2D eigenvalue weighted by Gasteiger charge is 2.25. The van der Waals surface area contributed by atoms with Crippen LogP contribution in [0.4, 0.5) is 18.9 Å². The first-order chi connectivity index (χ1) is 12.4. The molecule has 3 rings (SSSR count). The monoisotopic (exact) mass is 379 g/mol. The molecule has 0 aliphatic carbocycles. The second-order valence-corrected chi connectivity index (χ2v) is 6.42. The SMILES string of the molecule is CCN1C=C(Nc2cc(F)c(F)c(F)c2)C(C(C)=O)=C(c2ccsc2)N1. The van der Waals surface area contributed by atoms with Gasteiger partial charge in [0.2, 0.25) is 0 Å². The molecule has 0 saturated heterocycles. The summed E-state index contributed by atoms with van der Waals surface area (Å²) in [5, 5.41) is 8.34. The maximum absolute atomic E-state index is 13.5. The number of rotatable bonds is 5. The van der Waals surface area contributed by atoms with Gasteiger partial charge in [-0.1, -0.05) is 0 Å². The predicted molar refractivity (Wildman–Crippen MR) is 95.5 cm³/mol. The van der Waals surface area contributed by atoms with Gasteiger partial charge in [0.25, 0.3) is 0 Å². The van der Waals surface area contributed by atoms with Crippen LogP contribution in [-0.2, 0) is 4.79 Å². The van der Waals surface area contributed by atoms with Crippen molar-refractivity contribution in [3.05, 3.63) is 69.4 Å². The van der Waals surface area contributed by atoms with E-state index in [-0.39, 0.29) is 11.5 Å². The third-order valence-electron chi connectivity index (χ3n) is 3.83. The van der Waals surface area contributed by atoms with E-state index in [2.05, 4.69) is 10.7 Å². The molecule has 0 fully saturated rings. The summed E-state index contributed by atoms with van der Waals surface area (Å²) in [4.78, 5) is 12.3. The fourth-order valence-electron chi connectivity index (χ4n) is 2.62. The van der Waals surface area contributed by atoms with E-state index < -0.39 is 17.5 Å². The van der Waals surface area contributed by atoms with Crippen LogP contribution in [0.25, 0.3) is 5.70 Å². The average Bonchev–Trinajstić information content (AvgIpc) is 3.13. The largest absolute Gasteiger partial charge is 0.353 e. The van der Waals surface area contributed by atoms with E-state index in [1.54, 1.807) is 11.2 Å². The van der Waals surface area contributed by atoms with Crippen molar-refractivity contribution >= 4 is 28.5 Å². The van der Waals surface area contributed by atoms with Gasteiger partial charge in [-0.3, -0.25) is 15.2 Å². The van der Waals surface area contributed by atoms with E-state index in [9.17, 15) is 18.0 Å². The highest BCUT2D eigenvalue weighted by atomic mass is 32.1. The number of ketones is 1. The number of nitrogens with zero attached hydrogens (tertiary/aromatic N) is 1. The molecular formula is C18H16F3N3OS. The minimum Gasteiger partial charge on any atom is -0.353 e. The predicted octanol–water partition coefficient (Wildman–Crippen LogP) is 4.26. The summed E-state index contributed by atoms with van der Waals surface area (Å²) in [7, 11) is 0. The normalized spacial score (nSPS) is 14.2. The van der Waals surface area contributed by atoms with Crippen LogP contribution in [0.15, 0.2) is 46.4 Å². The van der Waals surface area contributed by atoms with Crippen molar-refractivity contribution in [2.24, 2.45) is 0 Å². The van der Waals surface area contributed by atoms with E-state index in [0.717, 1.165) is 17.7 Å². The quantitative estimate of drug-likeness (QED) is 0.762. The number of hydrogen-bond donors (Lipinski definition) is 2. The molecule has 0 spiro atoms. The molecule has 26 heavy (non-hydrogen) atoms. The Hall–Kier alpha value is -2.74. The lowest BCUT2D eigenvalue weighted by molar-refractivity contribution is -0.113. The van der Waals surface area contributed by atoms with Crippen LogP contribution in [-0.4, -0.2) is 17.3 Å². The molecule has 2 heterocycles. The van der Waals surface area contributed by atoms with Crippen LogP contribution >= 0.6 is 11.3 Å². The number of Topliss-reactive ketones (excluding diaryl/α,β-unsaturated/α-hetero) is 1. The van der Waals surface area contributed by atoms with Crippen LogP contribution in [0.1, 0.15) is 19.4 Å². The Kier molecular flexibility index (Phi) is 5.03. The van der Waals surface area contributed by atoms with E-state index in [4.69, 9.17) is 0 Å². The van der Waals surface area contributed by atoms with Crippen molar-refractivity contribution in [1.82, 2.24) is 10.4 Å². The second-order valence-electron chi connectivity index (χ2n) is 5.64. The van der Waals surface area contributed by atoms with E-state index in [1.807, 2.05) is 23.8 Å². The highest BCUT2D eigenvalue weighted by Crippen LogP contribution is 2.30. The first-order valence-corrected chi connectivity index (χ1v) is 8.79. The highest BCUT2D eigenvalue weighted by molar-refractivity contribution is 7.08. The molecule has 0 amide bonds. The Morgan fingerprint density at radius 2 is 1.96 bits per heavy atom. The van der Waals surface area contributed by atoms with Crippen molar-refractivity contribution < 1.29 is 18.0 Å². The van der Waals surface area contributed by atoms with Crippen LogP contribution < -0.4 is 10.7 Å². The number of carbonyl (C=O) groups excluding carboxylic acids is 1. The Balaban J connectivity index is 2.07. The van der Waals surface area contributed by atoms with Crippen LogP contribution in [0.3, 0.4) is 0 Å². The first kappa shape index (κ1) is 18.1. The molecule has 1 aromatic heterocycles. The zero-order valence-electron chi connectivity index (χ0n) is 14.1. The molecule has 0 saturated carbocycles. The lowest BCUT2D eigenvalue weighted by Crippen LogP contribution is -2.38. The number of carbonyl (C=O) groups is 1. The van der Waals surface area contributed by atoms with Gasteiger partial charge in [0, 0.05) is 41.5 Å². The Morgan fingerprint density at radius 1 is 1.27 bits per heavy atom. The van der Waals surface area contributed by atoms with Gasteiger partial charge in [-0.2, -0.15) is 11.3 Å². The molecule has 1 aromatic carbocycles. The van der Waals surface area contributed by atoms with Crippen molar-refractivity contribution in [1.29, 1.82) is 0 Å². The smallest absolute Gasteiger partial charge is 0.194 e. The van der Waals surface area contributed by atoms with Crippen molar-refractivity contribution in [2.75, 3.05) is 11.9 Å². The lowest BCUT2D eigenvalue weighted by atomic mass is 10.0. The third-order valence-corrected chi connectivity index (χ3v) is 4.51. The Labute approximate surface area is 152 Å². The molecule has 0 radical (unpaired) electrons. The van der Waals surface area contributed by atoms with E-state index in [0.29, 0.717) is 23.5 Å². The van der Waals surface area contributed by atoms with Crippen molar-refractivity contribution in [3.8, 4) is 0 Å². The molecule has 1 aliphatic rings. The molecule has 4 nitrogen and oxygen atoms in total. The standard InChI is InChI=1S/C18H16F3N3OS/c1-3-24-8-15(22-12-6-13(19)17(21)14(20)7-12)16(10(2)25)18(23-24)11-4-5-26-9-11/h4-9,22-23H,3H2,1-2H3. The van der Waals surface area contributed by atoms with Crippen LogP contribution in [0.5, 0.6) is 0 Å². The Morgan fingerprint density at radius 3 is 2.50 bits per heavy atom. The average molecular weight is 379 g/mol. The third kappa shape index (κ3) is 3.45. The second kappa shape index (κ2) is 7.25. The van der Waals surface area contributed by atoms with Gasteiger partial charge in [-0.05, 0) is 25.3 Å². The first-order valence-electron chi connectivity index (χ1n) is 7.85. The van der Waals surface area contributed by atoms with Gasteiger partial charge >= 0.3 is 0 Å². The maximum Gasteiger partial charge on any atom is 0.194 e. The number of hydrogen-bond acceptors (Lipinski definition) is 5. The molecule has 2 aromatic rings. The summed E-state index contributed by atoms with van der Waals surface area (Å²) in [5.41, 5.74) is 5.29. The summed E-state index contributed by atoms with van der Waals surface area (Å²) in [6.45, 7) is 3.89. The number of benzene rings is 1. The number of allylic oxidation sites excluding steroid dienone is 1. The summed E-state index contributed by atoms with van der Waals surface area (Å²) in [5.74, 6) is -4.37. The van der Waals surface area contributed by atoms with Crippen LogP contribution in [0, 0.1) is 17.5 Å². The molecule has 0 unspecified atom stereocenters. The van der Waals surface area contributed by atoms with Gasteiger partial charge in [0.1, 0.15) is 0 Å². The molecule has 136 valence electrons. The molecule has 0 bridgehead atoms. The number of halogens is 3. The Bertz CT molecular complexity index is 883. The maximum atomic E-state index is 13.5. The fraction of sp³-hybridized carbons (Fsp3) is 0.167. The summed E-state index contributed by atoms with van der Waals surface area (Å²) in [6.07, 6.45) is 1.63. The minimum atomic E-state index is -1.54. The summed E-state index contributed by atoms with van der Waals surface area (Å²) in [6, 6.07) is 3.56.